The molecule has 19 heavy (non-hydrogen) atoms. The van der Waals surface area contributed by atoms with Gasteiger partial charge < -0.3 is 24.3 Å². The van der Waals surface area contributed by atoms with Crippen LogP contribution in [0.3, 0.4) is 0 Å². The highest BCUT2D eigenvalue weighted by Gasteiger charge is 2.26. The summed E-state index contributed by atoms with van der Waals surface area (Å²) in [5.74, 6) is 1.55. The summed E-state index contributed by atoms with van der Waals surface area (Å²) in [5.41, 5.74) is 0.820. The first-order valence-corrected chi connectivity index (χ1v) is 5.88. The van der Waals surface area contributed by atoms with Gasteiger partial charge in [0.15, 0.2) is 11.5 Å². The molecule has 1 fully saturated rings. The van der Waals surface area contributed by atoms with Crippen molar-refractivity contribution >= 4 is 5.91 Å². The molecule has 1 atom stereocenters. The Morgan fingerprint density at radius 1 is 1.16 bits per heavy atom. The largest absolute Gasteiger partial charge is 0.493 e. The Kier molecular flexibility index (Phi) is 4.11. The van der Waals surface area contributed by atoms with Crippen molar-refractivity contribution in [2.24, 2.45) is 0 Å². The molecule has 1 saturated heterocycles. The third kappa shape index (κ3) is 2.58. The zero-order valence-corrected chi connectivity index (χ0v) is 11.2. The van der Waals surface area contributed by atoms with E-state index in [1.807, 2.05) is 6.07 Å². The van der Waals surface area contributed by atoms with Crippen LogP contribution >= 0.6 is 0 Å². The Balaban J connectivity index is 2.37. The molecule has 0 unspecified atom stereocenters. The van der Waals surface area contributed by atoms with E-state index >= 15 is 0 Å². The smallest absolute Gasteiger partial charge is 0.246 e. The molecule has 0 aromatic heterocycles. The van der Waals surface area contributed by atoms with Gasteiger partial charge in [-0.3, -0.25) is 4.79 Å². The van der Waals surface area contributed by atoms with Gasteiger partial charge in [0.1, 0.15) is 12.7 Å². The van der Waals surface area contributed by atoms with E-state index in [1.54, 1.807) is 27.4 Å². The van der Waals surface area contributed by atoms with Gasteiger partial charge in [-0.15, -0.1) is 0 Å². The van der Waals surface area contributed by atoms with Crippen LogP contribution < -0.4 is 19.5 Å². The van der Waals surface area contributed by atoms with Crippen molar-refractivity contribution in [3.05, 3.63) is 17.7 Å². The van der Waals surface area contributed by atoms with Crippen LogP contribution in [0.4, 0.5) is 0 Å². The summed E-state index contributed by atoms with van der Waals surface area (Å²) in [6, 6.07) is 3.64. The topological polar surface area (TPSA) is 66.0 Å². The molecule has 0 spiro atoms. The van der Waals surface area contributed by atoms with Gasteiger partial charge in [-0.25, -0.2) is 0 Å². The lowest BCUT2D eigenvalue weighted by atomic mass is 10.1. The maximum atomic E-state index is 11.1. The summed E-state index contributed by atoms with van der Waals surface area (Å²) in [6.45, 7) is 0.451. The molecule has 104 valence electrons. The Hall–Kier alpha value is -1.95. The summed E-state index contributed by atoms with van der Waals surface area (Å²) >= 11 is 0. The number of benzene rings is 1. The van der Waals surface area contributed by atoms with Crippen molar-refractivity contribution in [2.45, 2.75) is 6.10 Å². The third-order valence-electron chi connectivity index (χ3n) is 2.98. The fourth-order valence-corrected chi connectivity index (χ4v) is 2.07. The van der Waals surface area contributed by atoms with Gasteiger partial charge in [-0.05, 0) is 12.1 Å². The molecule has 1 aliphatic rings. The lowest BCUT2D eigenvalue weighted by Gasteiger charge is -2.26. The zero-order chi connectivity index (χ0) is 13.8. The molecule has 0 bridgehead atoms. The molecule has 6 heteroatoms. The van der Waals surface area contributed by atoms with E-state index in [0.29, 0.717) is 23.8 Å². The number of nitrogens with one attached hydrogen (secondary N) is 1. The van der Waals surface area contributed by atoms with Gasteiger partial charge in [0.05, 0.1) is 21.3 Å². The first-order chi connectivity index (χ1) is 9.21. The van der Waals surface area contributed by atoms with Gasteiger partial charge in [0.2, 0.25) is 11.7 Å². The summed E-state index contributed by atoms with van der Waals surface area (Å²) in [4.78, 5) is 11.1. The molecular weight excluding hydrogens is 250 g/mol. The van der Waals surface area contributed by atoms with Crippen molar-refractivity contribution in [1.82, 2.24) is 5.32 Å². The first kappa shape index (κ1) is 13.5. The number of ether oxygens (including phenoxy) is 4. The van der Waals surface area contributed by atoms with Crippen LogP contribution in [0.2, 0.25) is 0 Å². The molecule has 6 nitrogen and oxygen atoms in total. The van der Waals surface area contributed by atoms with E-state index < -0.39 is 0 Å². The average molecular weight is 267 g/mol. The van der Waals surface area contributed by atoms with Gasteiger partial charge in [0, 0.05) is 12.1 Å². The average Bonchev–Trinajstić information content (AvgIpc) is 2.46. The minimum atomic E-state index is -0.257. The second-order valence-corrected chi connectivity index (χ2v) is 4.03. The zero-order valence-electron chi connectivity index (χ0n) is 11.2. The molecule has 0 aliphatic carbocycles. The molecule has 1 aromatic carbocycles. The minimum absolute atomic E-state index is 0.0438. The number of amides is 1. The van der Waals surface area contributed by atoms with Gasteiger partial charge in [-0.2, -0.15) is 0 Å². The van der Waals surface area contributed by atoms with Crippen molar-refractivity contribution in [1.29, 1.82) is 0 Å². The molecule has 0 radical (unpaired) electrons. The molecule has 0 saturated carbocycles. The van der Waals surface area contributed by atoms with Crippen LogP contribution in [-0.4, -0.2) is 40.4 Å². The van der Waals surface area contributed by atoms with Gasteiger partial charge in [0.25, 0.3) is 0 Å². The highest BCUT2D eigenvalue weighted by molar-refractivity contribution is 5.78. The van der Waals surface area contributed by atoms with Crippen LogP contribution in [0, 0.1) is 0 Å². The maximum absolute atomic E-state index is 11.1. The molecule has 1 aliphatic heterocycles. The molecule has 1 amide bonds. The molecule has 1 heterocycles. The van der Waals surface area contributed by atoms with Crippen molar-refractivity contribution in [3.8, 4) is 17.2 Å². The summed E-state index contributed by atoms with van der Waals surface area (Å²) in [7, 11) is 4.67. The molecule has 1 N–H and O–H groups in total. The monoisotopic (exact) mass is 267 g/mol. The van der Waals surface area contributed by atoms with Crippen LogP contribution in [0.25, 0.3) is 0 Å². The van der Waals surface area contributed by atoms with E-state index in [9.17, 15) is 4.79 Å². The van der Waals surface area contributed by atoms with E-state index in [0.717, 1.165) is 5.56 Å². The first-order valence-electron chi connectivity index (χ1n) is 5.88. The van der Waals surface area contributed by atoms with E-state index in [1.165, 1.54) is 0 Å². The Morgan fingerprint density at radius 3 is 2.42 bits per heavy atom. The summed E-state index contributed by atoms with van der Waals surface area (Å²) in [6.07, 6.45) is -0.257. The normalized spacial score (nSPS) is 18.7. The van der Waals surface area contributed by atoms with Crippen LogP contribution in [0.15, 0.2) is 12.1 Å². The van der Waals surface area contributed by atoms with E-state index in [-0.39, 0.29) is 18.6 Å². The number of carbonyl (C=O) groups excluding carboxylic acids is 1. The number of morpholine rings is 1. The quantitative estimate of drug-likeness (QED) is 0.878. The Labute approximate surface area is 111 Å². The standard InChI is InChI=1S/C13H17NO5/c1-16-9-5-4-8(12(17-2)13(9)18-3)10-6-14-11(15)7-19-10/h4-5,10H,6-7H2,1-3H3,(H,14,15)/t10-/m0/s1. The van der Waals surface area contributed by atoms with Gasteiger partial charge in [-0.1, -0.05) is 0 Å². The van der Waals surface area contributed by atoms with E-state index in [2.05, 4.69) is 5.32 Å². The van der Waals surface area contributed by atoms with Gasteiger partial charge >= 0.3 is 0 Å². The van der Waals surface area contributed by atoms with Crippen LogP contribution in [0.1, 0.15) is 11.7 Å². The number of hydrogen-bond donors (Lipinski definition) is 1. The second-order valence-electron chi connectivity index (χ2n) is 4.03. The number of methoxy groups -OCH3 is 3. The van der Waals surface area contributed by atoms with Crippen LogP contribution in [0.5, 0.6) is 17.2 Å². The minimum Gasteiger partial charge on any atom is -0.493 e. The molecule has 2 rings (SSSR count). The van der Waals surface area contributed by atoms with Crippen molar-refractivity contribution in [3.63, 3.8) is 0 Å². The van der Waals surface area contributed by atoms with Crippen molar-refractivity contribution < 1.29 is 23.7 Å². The SMILES string of the molecule is COc1ccc([C@@H]2CNC(=O)CO2)c(OC)c1OC. The lowest BCUT2D eigenvalue weighted by Crippen LogP contribution is -2.38. The third-order valence-corrected chi connectivity index (χ3v) is 2.98. The van der Waals surface area contributed by atoms with Crippen molar-refractivity contribution in [2.75, 3.05) is 34.5 Å². The lowest BCUT2D eigenvalue weighted by molar-refractivity contribution is -0.133. The fourth-order valence-electron chi connectivity index (χ4n) is 2.07. The molecular formula is C13H17NO5. The summed E-state index contributed by atoms with van der Waals surface area (Å²) < 4.78 is 21.4. The number of rotatable bonds is 4. The van der Waals surface area contributed by atoms with E-state index in [4.69, 9.17) is 18.9 Å². The number of carbonyl (C=O) groups is 1. The Morgan fingerprint density at radius 2 is 1.89 bits per heavy atom. The summed E-state index contributed by atoms with van der Waals surface area (Å²) in [5, 5.41) is 2.76. The predicted octanol–water partition coefficient (Wildman–Crippen LogP) is 0.900. The highest BCUT2D eigenvalue weighted by Crippen LogP contribution is 2.42. The highest BCUT2D eigenvalue weighted by atomic mass is 16.5. The number of hydrogen-bond acceptors (Lipinski definition) is 5. The van der Waals surface area contributed by atoms with Crippen LogP contribution in [-0.2, 0) is 9.53 Å². The Bertz CT molecular complexity index is 464. The maximum Gasteiger partial charge on any atom is 0.246 e. The second kappa shape index (κ2) is 5.79. The predicted molar refractivity (Wildman–Crippen MR) is 67.8 cm³/mol. The fraction of sp³-hybridized carbons (Fsp3) is 0.462. The molecule has 1 aromatic rings.